The molecule has 0 aliphatic carbocycles. The Labute approximate surface area is 81.8 Å². The SMILES string of the molecule is COC(OC)C(C)NC(C)C(C)C. The Bertz CT molecular complexity index is 124. The van der Waals surface area contributed by atoms with Crippen LogP contribution in [0.3, 0.4) is 0 Å². The Balaban J connectivity index is 3.89. The fourth-order valence-corrected chi connectivity index (χ4v) is 1.19. The second kappa shape index (κ2) is 6.35. The maximum absolute atomic E-state index is 5.16. The highest BCUT2D eigenvalue weighted by molar-refractivity contribution is 4.72. The Morgan fingerprint density at radius 3 is 1.62 bits per heavy atom. The lowest BCUT2D eigenvalue weighted by Crippen LogP contribution is -2.45. The second-order valence-corrected chi connectivity index (χ2v) is 3.83. The summed E-state index contributed by atoms with van der Waals surface area (Å²) in [6.07, 6.45) is -0.166. The minimum Gasteiger partial charge on any atom is -0.354 e. The van der Waals surface area contributed by atoms with Gasteiger partial charge in [-0.25, -0.2) is 0 Å². The highest BCUT2D eigenvalue weighted by Gasteiger charge is 2.18. The van der Waals surface area contributed by atoms with Gasteiger partial charge in [-0.2, -0.15) is 0 Å². The molecule has 3 heteroatoms. The summed E-state index contributed by atoms with van der Waals surface area (Å²) in [5.74, 6) is 0.622. The summed E-state index contributed by atoms with van der Waals surface area (Å²) < 4.78 is 10.3. The fraction of sp³-hybridized carbons (Fsp3) is 1.00. The van der Waals surface area contributed by atoms with Gasteiger partial charge in [-0.3, -0.25) is 0 Å². The first-order chi connectivity index (χ1) is 6.02. The van der Waals surface area contributed by atoms with Crippen LogP contribution in [0.25, 0.3) is 0 Å². The molecule has 2 unspecified atom stereocenters. The van der Waals surface area contributed by atoms with Crippen LogP contribution in [0, 0.1) is 5.92 Å². The van der Waals surface area contributed by atoms with Crippen LogP contribution in [0.5, 0.6) is 0 Å². The molecule has 0 heterocycles. The molecule has 0 aromatic carbocycles. The quantitative estimate of drug-likeness (QED) is 0.644. The summed E-state index contributed by atoms with van der Waals surface area (Å²) in [6, 6.07) is 0.690. The van der Waals surface area contributed by atoms with Gasteiger partial charge in [0.2, 0.25) is 0 Å². The fourth-order valence-electron chi connectivity index (χ4n) is 1.19. The molecule has 1 N–H and O–H groups in total. The zero-order valence-electron chi connectivity index (χ0n) is 9.63. The van der Waals surface area contributed by atoms with Crippen LogP contribution >= 0.6 is 0 Å². The standard InChI is InChI=1S/C10H23NO2/c1-7(2)8(3)11-9(4)10(12-5)13-6/h7-11H,1-6H3. The van der Waals surface area contributed by atoms with Gasteiger partial charge in [-0.15, -0.1) is 0 Å². The first kappa shape index (κ1) is 12.9. The second-order valence-electron chi connectivity index (χ2n) is 3.83. The molecule has 0 aliphatic rings. The minimum atomic E-state index is -0.166. The Hall–Kier alpha value is -0.120. The van der Waals surface area contributed by atoms with E-state index >= 15 is 0 Å². The summed E-state index contributed by atoms with van der Waals surface area (Å²) in [7, 11) is 3.32. The van der Waals surface area contributed by atoms with Crippen molar-refractivity contribution in [1.82, 2.24) is 5.32 Å². The normalized spacial score (nSPS) is 16.6. The van der Waals surface area contributed by atoms with E-state index in [4.69, 9.17) is 9.47 Å². The molecule has 0 spiro atoms. The van der Waals surface area contributed by atoms with Crippen molar-refractivity contribution in [3.8, 4) is 0 Å². The zero-order valence-corrected chi connectivity index (χ0v) is 9.63. The van der Waals surface area contributed by atoms with Crippen LogP contribution in [-0.4, -0.2) is 32.6 Å². The molecule has 2 atom stereocenters. The van der Waals surface area contributed by atoms with Gasteiger partial charge in [-0.1, -0.05) is 13.8 Å². The topological polar surface area (TPSA) is 30.5 Å². The smallest absolute Gasteiger partial charge is 0.171 e. The highest BCUT2D eigenvalue weighted by Crippen LogP contribution is 2.05. The van der Waals surface area contributed by atoms with E-state index in [0.29, 0.717) is 12.0 Å². The molecule has 13 heavy (non-hydrogen) atoms. The Kier molecular flexibility index (Phi) is 6.29. The first-order valence-electron chi connectivity index (χ1n) is 4.84. The lowest BCUT2D eigenvalue weighted by molar-refractivity contribution is -0.121. The van der Waals surface area contributed by atoms with Gasteiger partial charge in [0.05, 0.1) is 6.04 Å². The predicted octanol–water partition coefficient (Wildman–Crippen LogP) is 1.63. The summed E-state index contributed by atoms with van der Waals surface area (Å²) >= 11 is 0. The number of nitrogens with one attached hydrogen (secondary N) is 1. The third-order valence-electron chi connectivity index (χ3n) is 2.40. The molecule has 80 valence electrons. The van der Waals surface area contributed by atoms with E-state index < -0.39 is 0 Å². The maximum atomic E-state index is 5.16. The molecular formula is C10H23NO2. The molecule has 0 amide bonds. The summed E-state index contributed by atoms with van der Waals surface area (Å²) in [5, 5.41) is 3.43. The molecule has 0 aliphatic heterocycles. The van der Waals surface area contributed by atoms with Crippen molar-refractivity contribution >= 4 is 0 Å². The molecule has 0 saturated carbocycles. The molecule has 0 rings (SSSR count). The molecule has 0 fully saturated rings. The third kappa shape index (κ3) is 4.60. The van der Waals surface area contributed by atoms with Crippen molar-refractivity contribution in [3.05, 3.63) is 0 Å². The summed E-state index contributed by atoms with van der Waals surface area (Å²) in [5.41, 5.74) is 0. The van der Waals surface area contributed by atoms with E-state index in [-0.39, 0.29) is 12.3 Å². The highest BCUT2D eigenvalue weighted by atomic mass is 16.7. The van der Waals surface area contributed by atoms with Crippen LogP contribution in [0.1, 0.15) is 27.7 Å². The van der Waals surface area contributed by atoms with E-state index in [0.717, 1.165) is 0 Å². The van der Waals surface area contributed by atoms with E-state index in [9.17, 15) is 0 Å². The van der Waals surface area contributed by atoms with Crippen molar-refractivity contribution in [1.29, 1.82) is 0 Å². The zero-order chi connectivity index (χ0) is 10.4. The van der Waals surface area contributed by atoms with Crippen molar-refractivity contribution < 1.29 is 9.47 Å². The number of hydrogen-bond donors (Lipinski definition) is 1. The largest absolute Gasteiger partial charge is 0.354 e. The molecule has 0 aromatic heterocycles. The average Bonchev–Trinajstić information content (AvgIpc) is 2.06. The lowest BCUT2D eigenvalue weighted by atomic mass is 10.1. The molecule has 0 saturated heterocycles. The minimum absolute atomic E-state index is 0.166. The summed E-state index contributed by atoms with van der Waals surface area (Å²) in [4.78, 5) is 0. The van der Waals surface area contributed by atoms with Gasteiger partial charge in [0, 0.05) is 20.3 Å². The first-order valence-corrected chi connectivity index (χ1v) is 4.84. The third-order valence-corrected chi connectivity index (χ3v) is 2.40. The monoisotopic (exact) mass is 189 g/mol. The van der Waals surface area contributed by atoms with Crippen LogP contribution in [0.2, 0.25) is 0 Å². The van der Waals surface area contributed by atoms with Crippen LogP contribution < -0.4 is 5.32 Å². The number of methoxy groups -OCH3 is 2. The van der Waals surface area contributed by atoms with Gasteiger partial charge in [0.25, 0.3) is 0 Å². The van der Waals surface area contributed by atoms with E-state index in [1.54, 1.807) is 14.2 Å². The Morgan fingerprint density at radius 1 is 0.846 bits per heavy atom. The molecule has 0 bridgehead atoms. The van der Waals surface area contributed by atoms with Crippen molar-refractivity contribution in [3.63, 3.8) is 0 Å². The van der Waals surface area contributed by atoms with E-state index in [2.05, 4.69) is 33.0 Å². The van der Waals surface area contributed by atoms with Crippen molar-refractivity contribution in [2.75, 3.05) is 14.2 Å². The number of hydrogen-bond acceptors (Lipinski definition) is 3. The average molecular weight is 189 g/mol. The van der Waals surface area contributed by atoms with Gasteiger partial charge in [-0.05, 0) is 19.8 Å². The van der Waals surface area contributed by atoms with Crippen LogP contribution in [-0.2, 0) is 9.47 Å². The van der Waals surface area contributed by atoms with Gasteiger partial charge < -0.3 is 14.8 Å². The maximum Gasteiger partial charge on any atom is 0.171 e. The summed E-state index contributed by atoms with van der Waals surface area (Å²) in [6.45, 7) is 8.62. The molecule has 0 aromatic rings. The van der Waals surface area contributed by atoms with Gasteiger partial charge in [0.1, 0.15) is 0 Å². The van der Waals surface area contributed by atoms with Crippen molar-refractivity contribution in [2.24, 2.45) is 5.92 Å². The van der Waals surface area contributed by atoms with Crippen LogP contribution in [0.4, 0.5) is 0 Å². The Morgan fingerprint density at radius 2 is 1.31 bits per heavy atom. The molecule has 3 nitrogen and oxygen atoms in total. The van der Waals surface area contributed by atoms with E-state index in [1.165, 1.54) is 0 Å². The number of rotatable bonds is 6. The van der Waals surface area contributed by atoms with Gasteiger partial charge in [0.15, 0.2) is 6.29 Å². The predicted molar refractivity (Wildman–Crippen MR) is 54.7 cm³/mol. The molecule has 0 radical (unpaired) electrons. The van der Waals surface area contributed by atoms with Crippen molar-refractivity contribution in [2.45, 2.75) is 46.1 Å². The molecular weight excluding hydrogens is 166 g/mol. The van der Waals surface area contributed by atoms with Crippen LogP contribution in [0.15, 0.2) is 0 Å². The van der Waals surface area contributed by atoms with Gasteiger partial charge >= 0.3 is 0 Å². The van der Waals surface area contributed by atoms with E-state index in [1.807, 2.05) is 0 Å². The lowest BCUT2D eigenvalue weighted by Gasteiger charge is -2.27. The number of ether oxygens (including phenoxy) is 2.